The van der Waals surface area contributed by atoms with Crippen LogP contribution in [0.1, 0.15) is 73.0 Å². The predicted octanol–water partition coefficient (Wildman–Crippen LogP) is 3.52. The van der Waals surface area contributed by atoms with Crippen LogP contribution in [0.3, 0.4) is 0 Å². The van der Waals surface area contributed by atoms with Crippen LogP contribution in [-0.2, 0) is 20.8 Å². The van der Waals surface area contributed by atoms with Gasteiger partial charge in [-0.25, -0.2) is 13.4 Å². The van der Waals surface area contributed by atoms with Gasteiger partial charge in [-0.1, -0.05) is 0 Å². The highest BCUT2D eigenvalue weighted by Crippen LogP contribution is 2.42. The van der Waals surface area contributed by atoms with E-state index in [1.54, 1.807) is 4.90 Å². The number of carbonyl (C=O) groups excluding carboxylic acids is 2. The Hall–Kier alpha value is -2.37. The average Bonchev–Trinajstić information content (AvgIpc) is 3.47. The summed E-state index contributed by atoms with van der Waals surface area (Å²) in [4.78, 5) is 32.0. The Kier molecular flexibility index (Phi) is 7.79. The molecule has 37 heavy (non-hydrogen) atoms. The summed E-state index contributed by atoms with van der Waals surface area (Å²) < 4.78 is 70.3. The van der Waals surface area contributed by atoms with Crippen molar-refractivity contribution < 1.29 is 35.9 Å². The van der Waals surface area contributed by atoms with Crippen LogP contribution in [0.25, 0.3) is 0 Å². The van der Waals surface area contributed by atoms with E-state index in [4.69, 9.17) is 4.74 Å². The second-order valence-corrected chi connectivity index (χ2v) is 13.0. The van der Waals surface area contributed by atoms with Gasteiger partial charge in [0.05, 0.1) is 23.5 Å². The molecule has 1 aromatic rings. The number of amides is 2. The van der Waals surface area contributed by atoms with E-state index >= 15 is 0 Å². The van der Waals surface area contributed by atoms with E-state index in [9.17, 15) is 31.2 Å². The molecule has 0 bridgehead atoms. The highest BCUT2D eigenvalue weighted by Gasteiger charge is 2.47. The van der Waals surface area contributed by atoms with Gasteiger partial charge in [0.2, 0.25) is 11.8 Å². The summed E-state index contributed by atoms with van der Waals surface area (Å²) in [5.74, 6) is -0.788. The Morgan fingerprint density at radius 2 is 1.78 bits per heavy atom. The summed E-state index contributed by atoms with van der Waals surface area (Å²) in [5.41, 5.74) is -2.21. The molecule has 0 atom stereocenters. The molecule has 0 aromatic carbocycles. The van der Waals surface area contributed by atoms with Gasteiger partial charge in [0.15, 0.2) is 9.84 Å². The molecule has 1 aliphatic heterocycles. The number of ether oxygens (including phenoxy) is 1. The van der Waals surface area contributed by atoms with Crippen molar-refractivity contribution in [2.75, 3.05) is 32.5 Å². The van der Waals surface area contributed by atoms with Gasteiger partial charge in [-0.3, -0.25) is 9.59 Å². The Bertz CT molecular complexity index is 1140. The normalized spacial score (nSPS) is 24.7. The van der Waals surface area contributed by atoms with Crippen molar-refractivity contribution in [3.8, 4) is 5.88 Å². The summed E-state index contributed by atoms with van der Waals surface area (Å²) in [6.45, 7) is 2.57. The third-order valence-electron chi connectivity index (χ3n) is 7.89. The molecule has 8 nitrogen and oxygen atoms in total. The van der Waals surface area contributed by atoms with Crippen LogP contribution in [0.4, 0.5) is 13.2 Å². The van der Waals surface area contributed by atoms with Crippen molar-refractivity contribution in [2.45, 2.75) is 69.7 Å². The summed E-state index contributed by atoms with van der Waals surface area (Å²) in [7, 11) is -2.11. The highest BCUT2D eigenvalue weighted by molar-refractivity contribution is 7.92. The minimum absolute atomic E-state index is 0.0415. The summed E-state index contributed by atoms with van der Waals surface area (Å²) in [6.07, 6.45) is 0.284. The van der Waals surface area contributed by atoms with Crippen molar-refractivity contribution in [3.63, 3.8) is 0 Å². The Labute approximate surface area is 215 Å². The van der Waals surface area contributed by atoms with Crippen molar-refractivity contribution in [3.05, 3.63) is 22.9 Å². The molecule has 0 spiro atoms. The molecule has 2 saturated carbocycles. The number of methoxy groups -OCH3 is 1. The fraction of sp³-hybridized carbons (Fsp3) is 0.720. The van der Waals surface area contributed by atoms with Crippen LogP contribution in [0.15, 0.2) is 6.07 Å². The molecule has 2 amide bonds. The van der Waals surface area contributed by atoms with Gasteiger partial charge in [0.25, 0.3) is 5.91 Å². The molecule has 1 aromatic heterocycles. The molecule has 1 saturated heterocycles. The second-order valence-electron chi connectivity index (χ2n) is 10.6. The van der Waals surface area contributed by atoms with E-state index in [0.717, 1.165) is 38.9 Å². The maximum Gasteiger partial charge on any atom is 0.433 e. The molecule has 0 unspecified atom stereocenters. The lowest BCUT2D eigenvalue weighted by molar-refractivity contribution is -0.143. The topological polar surface area (TPSA) is 106 Å². The summed E-state index contributed by atoms with van der Waals surface area (Å²) in [5, 5.41) is 2.25. The molecule has 3 fully saturated rings. The summed E-state index contributed by atoms with van der Waals surface area (Å²) >= 11 is 0. The van der Waals surface area contributed by atoms with Gasteiger partial charge in [-0.05, 0) is 75.8 Å². The van der Waals surface area contributed by atoms with Crippen LogP contribution in [0.5, 0.6) is 5.88 Å². The number of hydrogen-bond acceptors (Lipinski definition) is 6. The molecule has 2 heterocycles. The van der Waals surface area contributed by atoms with E-state index in [1.807, 2.05) is 0 Å². The van der Waals surface area contributed by atoms with Crippen LogP contribution < -0.4 is 10.1 Å². The van der Waals surface area contributed by atoms with Gasteiger partial charge in [-0.15, -0.1) is 0 Å². The van der Waals surface area contributed by atoms with Gasteiger partial charge in [0, 0.05) is 19.6 Å². The third kappa shape index (κ3) is 6.04. The number of aryl methyl sites for hydroxylation is 1. The standard InChI is InChI=1S/C25H34F3N3O5S/c1-16-13-19(25(26,27)28)30-22(36-2)20(16)21(32)29-15-24(23(33)31-11-3-4-12-31)9-7-18(8-10-24)37(34,35)14-17-5-6-17/h13,17-18H,3-12,14-15H2,1-2H3,(H,29,32). The average molecular weight is 546 g/mol. The van der Waals surface area contributed by atoms with E-state index in [-0.39, 0.29) is 35.2 Å². The molecule has 2 aliphatic carbocycles. The zero-order valence-electron chi connectivity index (χ0n) is 21.2. The fourth-order valence-corrected chi connectivity index (χ4v) is 7.74. The molecule has 0 radical (unpaired) electrons. The number of hydrogen-bond donors (Lipinski definition) is 1. The smallest absolute Gasteiger partial charge is 0.433 e. The minimum atomic E-state index is -4.70. The Morgan fingerprint density at radius 1 is 1.16 bits per heavy atom. The minimum Gasteiger partial charge on any atom is -0.480 e. The largest absolute Gasteiger partial charge is 0.480 e. The first-order chi connectivity index (χ1) is 17.4. The number of aromatic nitrogens is 1. The van der Waals surface area contributed by atoms with Crippen LogP contribution in [0, 0.1) is 18.3 Å². The quantitative estimate of drug-likeness (QED) is 0.536. The summed E-state index contributed by atoms with van der Waals surface area (Å²) in [6, 6.07) is 0.790. The van der Waals surface area contributed by atoms with Crippen LogP contribution in [-0.4, -0.2) is 67.9 Å². The lowest BCUT2D eigenvalue weighted by Crippen LogP contribution is -2.52. The number of nitrogens with one attached hydrogen (secondary N) is 1. The number of carbonyl (C=O) groups is 2. The highest BCUT2D eigenvalue weighted by atomic mass is 32.2. The number of likely N-dealkylation sites (tertiary alicyclic amines) is 1. The van der Waals surface area contributed by atoms with Crippen molar-refractivity contribution in [1.82, 2.24) is 15.2 Å². The first-order valence-corrected chi connectivity index (χ1v) is 14.5. The fourth-order valence-electron chi connectivity index (χ4n) is 5.52. The second kappa shape index (κ2) is 10.4. The number of rotatable bonds is 8. The van der Waals surface area contributed by atoms with Crippen LogP contribution in [0.2, 0.25) is 0 Å². The number of pyridine rings is 1. The molecule has 206 valence electrons. The SMILES string of the molecule is COc1nc(C(F)(F)F)cc(C)c1C(=O)NCC1(C(=O)N2CCCC2)CCC(S(=O)(=O)CC2CC2)CC1. The maximum absolute atomic E-state index is 13.6. The van der Waals surface area contributed by atoms with Gasteiger partial charge >= 0.3 is 6.18 Å². The monoisotopic (exact) mass is 545 g/mol. The van der Waals surface area contributed by atoms with Crippen molar-refractivity contribution in [1.29, 1.82) is 0 Å². The van der Waals surface area contributed by atoms with Gasteiger partial charge in [-0.2, -0.15) is 13.2 Å². The third-order valence-corrected chi connectivity index (χ3v) is 10.3. The van der Waals surface area contributed by atoms with Crippen molar-refractivity contribution >= 4 is 21.7 Å². The maximum atomic E-state index is 13.6. The molecular weight excluding hydrogens is 511 g/mol. The predicted molar refractivity (Wildman–Crippen MR) is 130 cm³/mol. The van der Waals surface area contributed by atoms with Crippen molar-refractivity contribution in [2.24, 2.45) is 11.3 Å². The van der Waals surface area contributed by atoms with E-state index in [1.165, 1.54) is 6.92 Å². The molecule has 12 heteroatoms. The molecule has 4 rings (SSSR count). The number of alkyl halides is 3. The molecular formula is C25H34F3N3O5S. The number of nitrogens with zero attached hydrogens (tertiary/aromatic N) is 2. The Balaban J connectivity index is 1.53. The lowest BCUT2D eigenvalue weighted by atomic mass is 9.72. The zero-order valence-corrected chi connectivity index (χ0v) is 22.0. The first kappa shape index (κ1) is 27.7. The number of halogens is 3. The zero-order chi connectivity index (χ0) is 27.0. The van der Waals surface area contributed by atoms with Gasteiger partial charge < -0.3 is 15.0 Å². The van der Waals surface area contributed by atoms with E-state index < -0.39 is 44.2 Å². The van der Waals surface area contributed by atoms with E-state index in [0.29, 0.717) is 38.8 Å². The molecule has 1 N–H and O–H groups in total. The molecule has 3 aliphatic rings. The van der Waals surface area contributed by atoms with E-state index in [2.05, 4.69) is 10.3 Å². The lowest BCUT2D eigenvalue weighted by Gasteiger charge is -2.41. The first-order valence-electron chi connectivity index (χ1n) is 12.8. The van der Waals surface area contributed by atoms with Gasteiger partial charge in [0.1, 0.15) is 11.3 Å². The van der Waals surface area contributed by atoms with Crippen LogP contribution >= 0.6 is 0 Å². The Morgan fingerprint density at radius 3 is 2.32 bits per heavy atom. The number of sulfone groups is 1.